The van der Waals surface area contributed by atoms with Crippen LogP contribution in [-0.4, -0.2) is 40.7 Å². The maximum Gasteiger partial charge on any atom is 0.416 e. The van der Waals surface area contributed by atoms with Crippen LogP contribution in [0.1, 0.15) is 75.6 Å². The van der Waals surface area contributed by atoms with Crippen molar-refractivity contribution in [1.29, 1.82) is 0 Å². The number of halogens is 8. The van der Waals surface area contributed by atoms with Gasteiger partial charge in [-0.05, 0) is 72.2 Å². The Balaban J connectivity index is 1.52. The van der Waals surface area contributed by atoms with Gasteiger partial charge in [-0.25, -0.2) is 0 Å². The lowest BCUT2D eigenvalue weighted by atomic mass is 9.92. The molecule has 43 heavy (non-hydrogen) atoms. The maximum atomic E-state index is 14.0. The summed E-state index contributed by atoms with van der Waals surface area (Å²) in [7, 11) is 0. The minimum Gasteiger partial charge on any atom is -0.330 e. The van der Waals surface area contributed by atoms with Gasteiger partial charge in [-0.3, -0.25) is 9.59 Å². The van der Waals surface area contributed by atoms with Crippen LogP contribution >= 0.6 is 34.5 Å². The molecule has 1 fully saturated rings. The first kappa shape index (κ1) is 31.7. The van der Waals surface area contributed by atoms with Crippen molar-refractivity contribution in [3.05, 3.63) is 90.6 Å². The first-order chi connectivity index (χ1) is 20.2. The van der Waals surface area contributed by atoms with E-state index in [0.717, 1.165) is 21.8 Å². The Morgan fingerprint density at radius 2 is 1.53 bits per heavy atom. The largest absolute Gasteiger partial charge is 0.416 e. The average Bonchev–Trinajstić information content (AvgIpc) is 3.44. The molecule has 0 saturated heterocycles. The van der Waals surface area contributed by atoms with E-state index >= 15 is 0 Å². The van der Waals surface area contributed by atoms with Crippen molar-refractivity contribution in [2.75, 3.05) is 13.1 Å². The number of alkyl halides is 6. The second-order valence-electron chi connectivity index (χ2n) is 10.7. The zero-order valence-electron chi connectivity index (χ0n) is 22.6. The smallest absolute Gasteiger partial charge is 0.330 e. The van der Waals surface area contributed by atoms with E-state index in [2.05, 4.69) is 0 Å². The fraction of sp³-hybridized carbons (Fsp3) is 0.400. The quantitative estimate of drug-likeness (QED) is 0.256. The fourth-order valence-corrected chi connectivity index (χ4v) is 7.30. The monoisotopic (exact) mass is 662 g/mol. The number of carbonyl (C=O) groups excluding carboxylic acids is 2. The Morgan fingerprint density at radius 1 is 0.884 bits per heavy atom. The van der Waals surface area contributed by atoms with Gasteiger partial charge in [0, 0.05) is 33.1 Å². The van der Waals surface area contributed by atoms with Crippen LogP contribution in [0.15, 0.2) is 47.8 Å². The van der Waals surface area contributed by atoms with Crippen molar-refractivity contribution in [3.8, 4) is 0 Å². The molecule has 0 radical (unpaired) electrons. The van der Waals surface area contributed by atoms with E-state index < -0.39 is 59.5 Å². The summed E-state index contributed by atoms with van der Waals surface area (Å²) in [5, 5.41) is 2.64. The standard InChI is InChI=1S/C30H26Cl2F6N2O2S/c31-20-6-7-22(24(32)15-20)27-23-9-11-43-25(23)8-10-39(27)26(41)16-40(21-4-2-1-3-5-21)28(42)17-12-18(29(33,34)35)14-19(13-17)30(36,37)38/h6-7,9,11-15,21,27H,1-5,8,10,16H2. The normalized spacial score (nSPS) is 18.0. The van der Waals surface area contributed by atoms with Crippen LogP contribution in [0.25, 0.3) is 0 Å². The topological polar surface area (TPSA) is 40.6 Å². The number of hydrogen-bond donors (Lipinski definition) is 0. The van der Waals surface area contributed by atoms with Crippen LogP contribution in [0.3, 0.4) is 0 Å². The van der Waals surface area contributed by atoms with Crippen molar-refractivity contribution < 1.29 is 35.9 Å². The van der Waals surface area contributed by atoms with Crippen LogP contribution in [0.2, 0.25) is 10.0 Å². The van der Waals surface area contributed by atoms with Crippen molar-refractivity contribution in [1.82, 2.24) is 9.80 Å². The molecule has 2 aliphatic rings. The van der Waals surface area contributed by atoms with Gasteiger partial charge in [0.05, 0.1) is 17.2 Å². The van der Waals surface area contributed by atoms with Crippen molar-refractivity contribution in [2.24, 2.45) is 0 Å². The molecule has 2 amide bonds. The maximum absolute atomic E-state index is 14.0. The molecule has 0 N–H and O–H groups in total. The molecule has 4 nitrogen and oxygen atoms in total. The second kappa shape index (κ2) is 12.3. The zero-order valence-corrected chi connectivity index (χ0v) is 24.9. The molecule has 2 aromatic carbocycles. The van der Waals surface area contributed by atoms with Gasteiger partial charge in [0.15, 0.2) is 0 Å². The molecule has 0 spiro atoms. The van der Waals surface area contributed by atoms with Crippen molar-refractivity contribution >= 4 is 46.4 Å². The van der Waals surface area contributed by atoms with Crippen molar-refractivity contribution in [2.45, 2.75) is 63.0 Å². The summed E-state index contributed by atoms with van der Waals surface area (Å²) in [5.41, 5.74) is -2.46. The molecule has 1 aliphatic carbocycles. The van der Waals surface area contributed by atoms with E-state index in [-0.39, 0.29) is 12.6 Å². The predicted molar refractivity (Wildman–Crippen MR) is 152 cm³/mol. The highest BCUT2D eigenvalue weighted by molar-refractivity contribution is 7.10. The number of thiophene rings is 1. The summed E-state index contributed by atoms with van der Waals surface area (Å²) in [6.45, 7) is -0.229. The fourth-order valence-electron chi connectivity index (χ4n) is 5.88. The van der Waals surface area contributed by atoms with Gasteiger partial charge >= 0.3 is 12.4 Å². The summed E-state index contributed by atoms with van der Waals surface area (Å²) < 4.78 is 81.6. The molecule has 3 aromatic rings. The third kappa shape index (κ3) is 6.83. The van der Waals surface area contributed by atoms with Gasteiger partial charge in [-0.2, -0.15) is 26.3 Å². The van der Waals surface area contributed by atoms with Gasteiger partial charge in [0.25, 0.3) is 5.91 Å². The minimum absolute atomic E-state index is 0.0144. The molecule has 1 atom stereocenters. The molecule has 0 bridgehead atoms. The number of hydrogen-bond acceptors (Lipinski definition) is 3. The van der Waals surface area contributed by atoms with E-state index in [1.165, 1.54) is 11.3 Å². The molecule has 1 aliphatic heterocycles. The zero-order chi connectivity index (χ0) is 31.1. The third-order valence-electron chi connectivity index (χ3n) is 7.96. The van der Waals surface area contributed by atoms with E-state index in [1.807, 2.05) is 11.4 Å². The Morgan fingerprint density at radius 3 is 2.14 bits per heavy atom. The lowest BCUT2D eigenvalue weighted by molar-refractivity contribution is -0.143. The Kier molecular flexibility index (Phi) is 9.07. The van der Waals surface area contributed by atoms with E-state index in [0.29, 0.717) is 59.8 Å². The highest BCUT2D eigenvalue weighted by Crippen LogP contribution is 2.42. The van der Waals surface area contributed by atoms with Crippen LogP contribution < -0.4 is 0 Å². The van der Waals surface area contributed by atoms with Crippen molar-refractivity contribution in [3.63, 3.8) is 0 Å². The molecule has 1 aromatic heterocycles. The molecular formula is C30H26Cl2F6N2O2S. The van der Waals surface area contributed by atoms with E-state index in [9.17, 15) is 35.9 Å². The summed E-state index contributed by atoms with van der Waals surface area (Å²) in [4.78, 5) is 31.6. The Hall–Kier alpha value is -2.76. The van der Waals surface area contributed by atoms with Crippen LogP contribution in [0.4, 0.5) is 26.3 Å². The van der Waals surface area contributed by atoms with Crippen LogP contribution in [0.5, 0.6) is 0 Å². The molecule has 1 saturated carbocycles. The first-order valence-electron chi connectivity index (χ1n) is 13.6. The Labute approximate surface area is 258 Å². The van der Waals surface area contributed by atoms with E-state index in [1.54, 1.807) is 23.1 Å². The summed E-state index contributed by atoms with van der Waals surface area (Å²) in [6, 6.07) is 6.52. The number of rotatable bonds is 5. The summed E-state index contributed by atoms with van der Waals surface area (Å²) in [5.74, 6) is -1.54. The molecule has 1 unspecified atom stereocenters. The average molecular weight is 664 g/mol. The number of benzene rings is 2. The van der Waals surface area contributed by atoms with Gasteiger partial charge < -0.3 is 9.80 Å². The summed E-state index contributed by atoms with van der Waals surface area (Å²) in [6.07, 6.45) is -6.43. The number of fused-ring (bicyclic) bond motifs is 1. The molecule has 13 heteroatoms. The second-order valence-corrected chi connectivity index (χ2v) is 12.6. The highest BCUT2D eigenvalue weighted by atomic mass is 35.5. The predicted octanol–water partition coefficient (Wildman–Crippen LogP) is 9.04. The van der Waals surface area contributed by atoms with E-state index in [4.69, 9.17) is 23.2 Å². The van der Waals surface area contributed by atoms with Gasteiger partial charge in [-0.1, -0.05) is 48.5 Å². The first-order valence-corrected chi connectivity index (χ1v) is 15.3. The third-order valence-corrected chi connectivity index (χ3v) is 9.52. The lowest BCUT2D eigenvalue weighted by Crippen LogP contribution is -2.50. The Bertz CT molecular complexity index is 1480. The molecule has 230 valence electrons. The summed E-state index contributed by atoms with van der Waals surface area (Å²) >= 11 is 14.2. The number of nitrogens with zero attached hydrogens (tertiary/aromatic N) is 2. The number of carbonyl (C=O) groups is 2. The van der Waals surface area contributed by atoms with Gasteiger partial charge in [-0.15, -0.1) is 11.3 Å². The molecule has 2 heterocycles. The minimum atomic E-state index is -5.11. The SMILES string of the molecule is O=C(c1cc(C(F)(F)F)cc(C(F)(F)F)c1)N(CC(=O)N1CCc2sccc2C1c1ccc(Cl)cc1Cl)C1CCCCC1. The van der Waals surface area contributed by atoms with Gasteiger partial charge in [0.2, 0.25) is 5.91 Å². The number of amides is 2. The van der Waals surface area contributed by atoms with Crippen LogP contribution in [0, 0.1) is 0 Å². The molecular weight excluding hydrogens is 637 g/mol. The highest BCUT2D eigenvalue weighted by Gasteiger charge is 2.40. The van der Waals surface area contributed by atoms with Gasteiger partial charge in [0.1, 0.15) is 6.54 Å². The lowest BCUT2D eigenvalue weighted by Gasteiger charge is -2.40. The van der Waals surface area contributed by atoms with Crippen LogP contribution in [-0.2, 0) is 23.6 Å². The molecule has 5 rings (SSSR count).